The maximum absolute atomic E-state index is 14.3. The summed E-state index contributed by atoms with van der Waals surface area (Å²) in [5, 5.41) is 14.4. The summed E-state index contributed by atoms with van der Waals surface area (Å²) in [6.45, 7) is 7.20. The van der Waals surface area contributed by atoms with E-state index in [1.165, 1.54) is 12.3 Å². The largest absolute Gasteiger partial charge is 0.384 e. The first-order valence-corrected chi connectivity index (χ1v) is 13.2. The van der Waals surface area contributed by atoms with Crippen LogP contribution >= 0.6 is 0 Å². The molecule has 4 aromatic rings. The number of nitrogen functional groups attached to an aromatic ring is 1. The number of nitrogens with two attached hydrogens (primary N) is 1. The van der Waals surface area contributed by atoms with E-state index < -0.39 is 0 Å². The number of benzene rings is 1. The van der Waals surface area contributed by atoms with Crippen LogP contribution in [0.25, 0.3) is 27.9 Å². The Morgan fingerprint density at radius 1 is 1.10 bits per heavy atom. The first kappa shape index (κ1) is 27.5. The monoisotopic (exact) mass is 526 g/mol. The molecule has 1 aromatic carbocycles. The predicted molar refractivity (Wildman–Crippen MR) is 159 cm³/mol. The number of allylic oxidation sites excluding steroid dienone is 2. The number of H-pyrrole nitrogens is 1. The second-order valence-electron chi connectivity index (χ2n) is 9.09. The Morgan fingerprint density at radius 3 is 2.67 bits per heavy atom. The number of nitrogens with one attached hydrogen (secondary N) is 3. The molecule has 0 saturated carbocycles. The molecule has 0 aliphatic heterocycles. The highest BCUT2D eigenvalue weighted by Crippen LogP contribution is 2.26. The predicted octanol–water partition coefficient (Wildman–Crippen LogP) is 6.47. The van der Waals surface area contributed by atoms with Crippen LogP contribution in [0.15, 0.2) is 71.6 Å². The molecule has 0 unspecified atom stereocenters. The fourth-order valence-electron chi connectivity index (χ4n) is 4.06. The van der Waals surface area contributed by atoms with Crippen LogP contribution in [0.3, 0.4) is 0 Å². The van der Waals surface area contributed by atoms with E-state index in [0.717, 1.165) is 52.7 Å². The number of hydrogen-bond donors (Lipinski definition) is 4. The minimum atomic E-state index is -0.389. The summed E-state index contributed by atoms with van der Waals surface area (Å²) in [6, 6.07) is 11.6. The molecule has 3 heterocycles. The maximum atomic E-state index is 14.3. The molecule has 39 heavy (non-hydrogen) atoms. The van der Waals surface area contributed by atoms with Crippen molar-refractivity contribution in [3.8, 4) is 11.1 Å². The minimum absolute atomic E-state index is 0.389. The van der Waals surface area contributed by atoms with Gasteiger partial charge in [0.25, 0.3) is 0 Å². The Kier molecular flexibility index (Phi) is 9.39. The lowest BCUT2D eigenvalue weighted by Crippen LogP contribution is -2.17. The van der Waals surface area contributed by atoms with Gasteiger partial charge in [-0.05, 0) is 43.0 Å². The number of aromatic amines is 1. The molecular weight excluding hydrogens is 491 g/mol. The van der Waals surface area contributed by atoms with Gasteiger partial charge in [-0.1, -0.05) is 56.7 Å². The summed E-state index contributed by atoms with van der Waals surface area (Å²) in [6.07, 6.45) is 11.7. The van der Waals surface area contributed by atoms with Gasteiger partial charge in [-0.3, -0.25) is 10.1 Å². The van der Waals surface area contributed by atoms with E-state index in [1.54, 1.807) is 6.20 Å². The molecule has 0 radical (unpaired) electrons. The summed E-state index contributed by atoms with van der Waals surface area (Å²) in [5.74, 6) is 0.717. The molecule has 0 saturated heterocycles. The van der Waals surface area contributed by atoms with E-state index in [-0.39, 0.29) is 5.82 Å². The van der Waals surface area contributed by atoms with Gasteiger partial charge in [-0.25, -0.2) is 14.4 Å². The van der Waals surface area contributed by atoms with Crippen LogP contribution in [0.1, 0.15) is 51.2 Å². The summed E-state index contributed by atoms with van der Waals surface area (Å²) in [7, 11) is 0. The molecular formula is C30H35FN8. The minimum Gasteiger partial charge on any atom is -0.384 e. The second-order valence-corrected chi connectivity index (χ2v) is 9.09. The van der Waals surface area contributed by atoms with Gasteiger partial charge >= 0.3 is 0 Å². The molecule has 5 N–H and O–H groups in total. The standard InChI is InChI=1S/C30H35FN8/c1-4-7-13-33-24(6-3)19-34-27(8-5-2)25-15-23(31)18-37-29(25)35-16-20-9-11-21(12-10-20)22-14-26-28(32)38-39-30(26)36-17-22/h6,8-15,17-18,34H,4-5,7,16,19H2,1-3H3,(H,35,37)(H3,32,36,38,39)/b24-6-,27-8+,33-13?. The molecule has 0 fully saturated rings. The molecule has 0 amide bonds. The van der Waals surface area contributed by atoms with Gasteiger partial charge in [-0.15, -0.1) is 0 Å². The summed E-state index contributed by atoms with van der Waals surface area (Å²) < 4.78 is 14.3. The Bertz CT molecular complexity index is 1480. The Labute approximate surface area is 228 Å². The lowest BCUT2D eigenvalue weighted by atomic mass is 10.0. The highest BCUT2D eigenvalue weighted by Gasteiger charge is 2.12. The lowest BCUT2D eigenvalue weighted by Gasteiger charge is -2.16. The van der Waals surface area contributed by atoms with E-state index in [9.17, 15) is 4.39 Å². The molecule has 8 nitrogen and oxygen atoms in total. The molecule has 0 spiro atoms. The van der Waals surface area contributed by atoms with Crippen molar-refractivity contribution in [3.63, 3.8) is 0 Å². The van der Waals surface area contributed by atoms with Gasteiger partial charge in [0, 0.05) is 35.8 Å². The zero-order valence-corrected chi connectivity index (χ0v) is 22.6. The number of nitrogens with zero attached hydrogens (tertiary/aromatic N) is 4. The highest BCUT2D eigenvalue weighted by atomic mass is 19.1. The van der Waals surface area contributed by atoms with Crippen LogP contribution in [0.4, 0.5) is 16.0 Å². The fourth-order valence-corrected chi connectivity index (χ4v) is 4.06. The van der Waals surface area contributed by atoms with Crippen molar-refractivity contribution in [2.24, 2.45) is 4.99 Å². The number of rotatable bonds is 12. The summed E-state index contributed by atoms with van der Waals surface area (Å²) >= 11 is 0. The number of unbranched alkanes of at least 4 members (excludes halogenated alkanes) is 1. The van der Waals surface area contributed by atoms with E-state index >= 15 is 0 Å². The van der Waals surface area contributed by atoms with Crippen molar-refractivity contribution in [1.82, 2.24) is 25.5 Å². The number of hydrogen-bond acceptors (Lipinski definition) is 7. The van der Waals surface area contributed by atoms with Crippen molar-refractivity contribution >= 4 is 34.6 Å². The van der Waals surface area contributed by atoms with E-state index in [0.29, 0.717) is 35.9 Å². The Balaban J connectivity index is 1.48. The number of halogens is 1. The van der Waals surface area contributed by atoms with Crippen molar-refractivity contribution in [2.45, 2.75) is 46.6 Å². The number of anilines is 2. The van der Waals surface area contributed by atoms with Crippen molar-refractivity contribution in [2.75, 3.05) is 17.6 Å². The van der Waals surface area contributed by atoms with Crippen molar-refractivity contribution in [3.05, 3.63) is 83.6 Å². The van der Waals surface area contributed by atoms with Crippen LogP contribution in [-0.2, 0) is 6.54 Å². The third-order valence-electron chi connectivity index (χ3n) is 6.21. The fraction of sp³-hybridized carbons (Fsp3) is 0.267. The van der Waals surface area contributed by atoms with Crippen molar-refractivity contribution in [1.29, 1.82) is 0 Å². The average molecular weight is 527 g/mol. The van der Waals surface area contributed by atoms with Gasteiger partial charge in [0.15, 0.2) is 5.65 Å². The first-order valence-electron chi connectivity index (χ1n) is 13.2. The van der Waals surface area contributed by atoms with Crippen LogP contribution in [0.2, 0.25) is 0 Å². The van der Waals surface area contributed by atoms with E-state index in [4.69, 9.17) is 5.73 Å². The van der Waals surface area contributed by atoms with Crippen molar-refractivity contribution < 1.29 is 4.39 Å². The smallest absolute Gasteiger partial charge is 0.183 e. The van der Waals surface area contributed by atoms with E-state index in [1.807, 2.05) is 62.5 Å². The first-order chi connectivity index (χ1) is 19.0. The molecule has 4 rings (SSSR count). The molecule has 3 aromatic heterocycles. The zero-order chi connectivity index (χ0) is 27.6. The average Bonchev–Trinajstić information content (AvgIpc) is 3.33. The maximum Gasteiger partial charge on any atom is 0.183 e. The van der Waals surface area contributed by atoms with Crippen LogP contribution < -0.4 is 16.4 Å². The molecule has 0 bridgehead atoms. The molecule has 0 aliphatic carbocycles. The molecule has 202 valence electrons. The van der Waals surface area contributed by atoms with Crippen LogP contribution in [0.5, 0.6) is 0 Å². The Hall–Kier alpha value is -4.53. The van der Waals surface area contributed by atoms with Gasteiger partial charge in [0.2, 0.25) is 0 Å². The zero-order valence-electron chi connectivity index (χ0n) is 22.6. The summed E-state index contributed by atoms with van der Waals surface area (Å²) in [4.78, 5) is 13.3. The van der Waals surface area contributed by atoms with Gasteiger partial charge in [0.05, 0.1) is 23.8 Å². The second kappa shape index (κ2) is 13.3. The van der Waals surface area contributed by atoms with Gasteiger partial charge in [-0.2, -0.15) is 5.10 Å². The van der Waals surface area contributed by atoms with Crippen LogP contribution in [0, 0.1) is 5.82 Å². The SMILES string of the molecule is C/C=C(/CN/C(=C/CC)c1cc(F)cnc1NCc1ccc(-c2cnc3n[nH]c(N)c3c2)cc1)N=CCCC. The number of pyridine rings is 2. The molecule has 0 atom stereocenters. The van der Waals surface area contributed by atoms with Gasteiger partial charge in [0.1, 0.15) is 17.5 Å². The number of aromatic nitrogens is 4. The summed E-state index contributed by atoms with van der Waals surface area (Å²) in [5.41, 5.74) is 12.0. The third-order valence-corrected chi connectivity index (χ3v) is 6.21. The molecule has 9 heteroatoms. The van der Waals surface area contributed by atoms with Gasteiger partial charge < -0.3 is 16.4 Å². The topological polar surface area (TPSA) is 117 Å². The molecule has 0 aliphatic rings. The van der Waals surface area contributed by atoms with E-state index in [2.05, 4.69) is 42.7 Å². The Morgan fingerprint density at radius 2 is 1.92 bits per heavy atom. The number of fused-ring (bicyclic) bond motifs is 1. The van der Waals surface area contributed by atoms with Crippen LogP contribution in [-0.4, -0.2) is 32.9 Å². The normalized spacial score (nSPS) is 12.4. The third kappa shape index (κ3) is 7.07. The highest BCUT2D eigenvalue weighted by molar-refractivity contribution is 5.89. The number of aliphatic imine (C=N–C) groups is 1. The lowest BCUT2D eigenvalue weighted by molar-refractivity contribution is 0.621. The quantitative estimate of drug-likeness (QED) is 0.157.